The van der Waals surface area contributed by atoms with E-state index in [2.05, 4.69) is 76.0 Å². The summed E-state index contributed by atoms with van der Waals surface area (Å²) in [7, 11) is 1.70. The highest BCUT2D eigenvalue weighted by Gasteiger charge is 2.16. The summed E-state index contributed by atoms with van der Waals surface area (Å²) in [6.07, 6.45) is 0. The summed E-state index contributed by atoms with van der Waals surface area (Å²) >= 11 is 7.30. The second-order valence-corrected chi connectivity index (χ2v) is 6.90. The Morgan fingerprint density at radius 1 is 0.950 bits per heavy atom. The fourth-order valence-corrected chi connectivity index (χ4v) is 3.17. The van der Waals surface area contributed by atoms with E-state index in [-0.39, 0.29) is 4.83 Å². The van der Waals surface area contributed by atoms with Crippen LogP contribution in [0.25, 0.3) is 0 Å². The van der Waals surface area contributed by atoms with Gasteiger partial charge in [-0.25, -0.2) is 0 Å². The highest BCUT2D eigenvalue weighted by Crippen LogP contribution is 2.38. The summed E-state index contributed by atoms with van der Waals surface area (Å²) in [4.78, 5) is 0.121. The number of hydrogen-bond acceptors (Lipinski definition) is 1. The minimum absolute atomic E-state index is 0.121. The first-order valence-electron chi connectivity index (χ1n) is 6.60. The lowest BCUT2D eigenvalue weighted by Gasteiger charge is -2.16. The number of rotatable bonds is 4. The van der Waals surface area contributed by atoms with Crippen LogP contribution in [0.2, 0.25) is 0 Å². The molecular weight excluding hydrogens is 380 g/mol. The topological polar surface area (TPSA) is 9.23 Å². The van der Waals surface area contributed by atoms with Crippen LogP contribution in [-0.4, -0.2) is 7.11 Å². The fraction of sp³-hybridized carbons (Fsp3) is 0.294. The number of methoxy groups -OCH3 is 1. The molecule has 0 fully saturated rings. The summed E-state index contributed by atoms with van der Waals surface area (Å²) < 4.78 is 6.51. The Kier molecular flexibility index (Phi) is 5.28. The van der Waals surface area contributed by atoms with Crippen LogP contribution in [0.3, 0.4) is 0 Å². The Bertz CT molecular complexity index is 576. The number of alkyl halides is 1. The third kappa shape index (κ3) is 3.44. The van der Waals surface area contributed by atoms with Crippen molar-refractivity contribution in [1.82, 2.24) is 0 Å². The smallest absolute Gasteiger partial charge is 0.123 e. The van der Waals surface area contributed by atoms with Crippen LogP contribution < -0.4 is 4.74 Å². The second kappa shape index (κ2) is 6.77. The van der Waals surface area contributed by atoms with E-state index in [1.807, 2.05) is 12.1 Å². The van der Waals surface area contributed by atoms with Crippen molar-refractivity contribution in [2.24, 2.45) is 0 Å². The molecule has 1 nitrogen and oxygen atoms in total. The van der Waals surface area contributed by atoms with Gasteiger partial charge in [-0.1, -0.05) is 70.0 Å². The molecule has 0 saturated carbocycles. The zero-order chi connectivity index (χ0) is 14.7. The van der Waals surface area contributed by atoms with Gasteiger partial charge in [-0.3, -0.25) is 0 Å². The van der Waals surface area contributed by atoms with Gasteiger partial charge in [-0.2, -0.15) is 0 Å². The molecule has 0 N–H and O–H groups in total. The average Bonchev–Trinajstić information content (AvgIpc) is 2.46. The average molecular weight is 398 g/mol. The molecule has 0 heterocycles. The van der Waals surface area contributed by atoms with E-state index in [1.54, 1.807) is 7.11 Å². The van der Waals surface area contributed by atoms with Crippen LogP contribution >= 0.6 is 31.9 Å². The van der Waals surface area contributed by atoms with E-state index < -0.39 is 0 Å². The van der Waals surface area contributed by atoms with Gasteiger partial charge < -0.3 is 4.74 Å². The van der Waals surface area contributed by atoms with Crippen molar-refractivity contribution in [3.8, 4) is 5.75 Å². The Morgan fingerprint density at radius 2 is 1.55 bits per heavy atom. The SMILES string of the molecule is COc1ccc(Br)cc1C(Br)c1ccc(C(C)C)cc1. The second-order valence-electron chi connectivity index (χ2n) is 5.07. The molecule has 2 aromatic carbocycles. The van der Waals surface area contributed by atoms with E-state index in [0.29, 0.717) is 5.92 Å². The third-order valence-electron chi connectivity index (χ3n) is 3.36. The quantitative estimate of drug-likeness (QED) is 0.569. The normalized spacial score (nSPS) is 12.5. The van der Waals surface area contributed by atoms with Gasteiger partial charge in [0.15, 0.2) is 0 Å². The van der Waals surface area contributed by atoms with Crippen molar-refractivity contribution >= 4 is 31.9 Å². The van der Waals surface area contributed by atoms with Crippen LogP contribution in [0.15, 0.2) is 46.9 Å². The maximum absolute atomic E-state index is 5.45. The molecule has 1 atom stereocenters. The van der Waals surface area contributed by atoms with Crippen LogP contribution in [0, 0.1) is 0 Å². The molecular formula is C17H18Br2O. The Morgan fingerprint density at radius 3 is 2.10 bits per heavy atom. The summed E-state index contributed by atoms with van der Waals surface area (Å²) in [5.41, 5.74) is 3.71. The molecule has 0 aromatic heterocycles. The van der Waals surface area contributed by atoms with Crippen LogP contribution in [0.1, 0.15) is 41.3 Å². The van der Waals surface area contributed by atoms with Gasteiger partial charge in [-0.15, -0.1) is 0 Å². The highest BCUT2D eigenvalue weighted by atomic mass is 79.9. The zero-order valence-electron chi connectivity index (χ0n) is 11.9. The molecule has 0 aliphatic heterocycles. The van der Waals surface area contributed by atoms with E-state index in [4.69, 9.17) is 4.74 Å². The van der Waals surface area contributed by atoms with Gasteiger partial charge in [0.05, 0.1) is 11.9 Å². The standard InChI is InChI=1S/C17H18Br2O/c1-11(2)12-4-6-13(7-5-12)17(19)15-10-14(18)8-9-16(15)20-3/h4-11,17H,1-3H3. The first-order valence-corrected chi connectivity index (χ1v) is 8.31. The van der Waals surface area contributed by atoms with Crippen molar-refractivity contribution in [3.63, 3.8) is 0 Å². The number of ether oxygens (including phenoxy) is 1. The molecule has 20 heavy (non-hydrogen) atoms. The van der Waals surface area contributed by atoms with Gasteiger partial charge >= 0.3 is 0 Å². The van der Waals surface area contributed by atoms with Crippen molar-refractivity contribution in [2.75, 3.05) is 7.11 Å². The first kappa shape index (κ1) is 15.6. The molecule has 2 rings (SSSR count). The van der Waals surface area contributed by atoms with Crippen molar-refractivity contribution < 1.29 is 4.74 Å². The van der Waals surface area contributed by atoms with E-state index in [9.17, 15) is 0 Å². The van der Waals surface area contributed by atoms with E-state index >= 15 is 0 Å². The number of halogens is 2. The summed E-state index contributed by atoms with van der Waals surface area (Å²) in [6, 6.07) is 14.8. The molecule has 0 bridgehead atoms. The minimum Gasteiger partial charge on any atom is -0.496 e. The monoisotopic (exact) mass is 396 g/mol. The minimum atomic E-state index is 0.121. The molecule has 0 spiro atoms. The van der Waals surface area contributed by atoms with Crippen molar-refractivity contribution in [3.05, 3.63) is 63.6 Å². The Balaban J connectivity index is 2.35. The third-order valence-corrected chi connectivity index (χ3v) is 4.88. The lowest BCUT2D eigenvalue weighted by Crippen LogP contribution is -1.98. The largest absolute Gasteiger partial charge is 0.496 e. The summed E-state index contributed by atoms with van der Waals surface area (Å²) in [6.45, 7) is 4.41. The summed E-state index contributed by atoms with van der Waals surface area (Å²) in [5, 5.41) is 0. The van der Waals surface area contributed by atoms with Gasteiger partial charge in [0.25, 0.3) is 0 Å². The maximum atomic E-state index is 5.45. The molecule has 2 aromatic rings. The van der Waals surface area contributed by atoms with Crippen molar-refractivity contribution in [1.29, 1.82) is 0 Å². The lowest BCUT2D eigenvalue weighted by atomic mass is 9.98. The molecule has 0 aliphatic rings. The van der Waals surface area contributed by atoms with Crippen molar-refractivity contribution in [2.45, 2.75) is 24.6 Å². The Labute approximate surface area is 137 Å². The van der Waals surface area contributed by atoms with Crippen LogP contribution in [0.5, 0.6) is 5.75 Å². The molecule has 0 amide bonds. The predicted molar refractivity (Wildman–Crippen MR) is 92.0 cm³/mol. The first-order chi connectivity index (χ1) is 9.52. The van der Waals surface area contributed by atoms with E-state index in [0.717, 1.165) is 15.8 Å². The van der Waals surface area contributed by atoms with Gasteiger partial charge in [0.2, 0.25) is 0 Å². The lowest BCUT2D eigenvalue weighted by molar-refractivity contribution is 0.410. The highest BCUT2D eigenvalue weighted by molar-refractivity contribution is 9.10. The summed E-state index contributed by atoms with van der Waals surface area (Å²) in [5.74, 6) is 1.45. The Hall–Kier alpha value is -0.800. The van der Waals surface area contributed by atoms with Crippen LogP contribution in [-0.2, 0) is 0 Å². The van der Waals surface area contributed by atoms with Gasteiger partial charge in [-0.05, 0) is 35.2 Å². The van der Waals surface area contributed by atoms with E-state index in [1.165, 1.54) is 11.1 Å². The fourth-order valence-electron chi connectivity index (χ4n) is 2.13. The molecule has 1 unspecified atom stereocenters. The number of benzene rings is 2. The predicted octanol–water partition coefficient (Wildman–Crippen LogP) is 6.07. The molecule has 0 saturated heterocycles. The molecule has 106 valence electrons. The van der Waals surface area contributed by atoms with Gasteiger partial charge in [0, 0.05) is 10.0 Å². The zero-order valence-corrected chi connectivity index (χ0v) is 15.0. The van der Waals surface area contributed by atoms with Gasteiger partial charge in [0.1, 0.15) is 5.75 Å². The molecule has 3 heteroatoms. The molecule has 0 radical (unpaired) electrons. The number of hydrogen-bond donors (Lipinski definition) is 0. The van der Waals surface area contributed by atoms with Crippen LogP contribution in [0.4, 0.5) is 0 Å². The molecule has 0 aliphatic carbocycles. The maximum Gasteiger partial charge on any atom is 0.123 e.